The standard InChI is InChI=1S/C30H31N5O5/c1-16-17(2)32-28(34(4)5)33-25(16)39-13-12-30-14-22(36)29(3,40-30)23-24(30)27(38)35(26(23)37)21-11-10-18(15-31)19-8-6-7-9-20(19)21/h6-11,22-24,36H,12-14H2,1-5H3. The number of rotatable bonds is 6. The van der Waals surface area contributed by atoms with Crippen molar-refractivity contribution in [3.05, 3.63) is 53.2 Å². The van der Waals surface area contributed by atoms with Crippen LogP contribution in [0.15, 0.2) is 36.4 Å². The number of aliphatic hydroxyl groups is 1. The molecule has 1 N–H and O–H groups in total. The van der Waals surface area contributed by atoms with Gasteiger partial charge in [-0.3, -0.25) is 9.59 Å². The predicted molar refractivity (Wildman–Crippen MR) is 147 cm³/mol. The summed E-state index contributed by atoms with van der Waals surface area (Å²) in [5.74, 6) is -1.38. The van der Waals surface area contributed by atoms with Crippen LogP contribution in [-0.4, -0.2) is 64.9 Å². The fourth-order valence-corrected chi connectivity index (χ4v) is 6.69. The van der Waals surface area contributed by atoms with Gasteiger partial charge in [-0.25, -0.2) is 9.88 Å². The smallest absolute Gasteiger partial charge is 0.240 e. The molecule has 10 nitrogen and oxygen atoms in total. The maximum absolute atomic E-state index is 14.1. The van der Waals surface area contributed by atoms with Gasteiger partial charge in [-0.2, -0.15) is 10.2 Å². The maximum Gasteiger partial charge on any atom is 0.240 e. The van der Waals surface area contributed by atoms with Gasteiger partial charge in [0.15, 0.2) is 0 Å². The minimum Gasteiger partial charge on any atom is -0.477 e. The van der Waals surface area contributed by atoms with Gasteiger partial charge < -0.3 is 19.5 Å². The van der Waals surface area contributed by atoms with Gasteiger partial charge in [0.05, 0.1) is 47.5 Å². The minimum atomic E-state index is -1.20. The van der Waals surface area contributed by atoms with Crippen molar-refractivity contribution in [2.75, 3.05) is 30.5 Å². The number of benzene rings is 2. The molecular weight excluding hydrogens is 510 g/mol. The third kappa shape index (κ3) is 3.54. The molecule has 2 aromatic carbocycles. The summed E-state index contributed by atoms with van der Waals surface area (Å²) >= 11 is 0. The molecule has 0 spiro atoms. The van der Waals surface area contributed by atoms with E-state index in [9.17, 15) is 20.0 Å². The van der Waals surface area contributed by atoms with E-state index < -0.39 is 35.0 Å². The van der Waals surface area contributed by atoms with E-state index in [0.29, 0.717) is 40.3 Å². The van der Waals surface area contributed by atoms with Crippen LogP contribution in [0, 0.1) is 37.0 Å². The first kappa shape index (κ1) is 26.2. The summed E-state index contributed by atoms with van der Waals surface area (Å²) in [5.41, 5.74) is 0.249. The molecule has 5 atom stereocenters. The molecule has 6 rings (SSSR count). The summed E-state index contributed by atoms with van der Waals surface area (Å²) < 4.78 is 12.6. The lowest BCUT2D eigenvalue weighted by molar-refractivity contribution is -0.134. The maximum atomic E-state index is 14.1. The molecule has 4 heterocycles. The highest BCUT2D eigenvalue weighted by Crippen LogP contribution is 2.62. The van der Waals surface area contributed by atoms with Crippen LogP contribution in [-0.2, 0) is 14.3 Å². The first-order chi connectivity index (χ1) is 19.0. The third-order valence-electron chi connectivity index (χ3n) is 8.87. The zero-order valence-corrected chi connectivity index (χ0v) is 23.1. The first-order valence-electron chi connectivity index (χ1n) is 13.4. The summed E-state index contributed by atoms with van der Waals surface area (Å²) in [5, 5.41) is 22.0. The number of hydrogen-bond acceptors (Lipinski definition) is 9. The number of ether oxygens (including phenoxy) is 2. The zero-order chi connectivity index (χ0) is 28.6. The number of aromatic nitrogens is 2. The summed E-state index contributed by atoms with van der Waals surface area (Å²) in [6.07, 6.45) is -0.395. The van der Waals surface area contributed by atoms with Crippen molar-refractivity contribution in [2.45, 2.75) is 50.9 Å². The Morgan fingerprint density at radius 3 is 2.52 bits per heavy atom. The molecule has 10 heteroatoms. The number of hydrogen-bond donors (Lipinski definition) is 1. The number of carbonyl (C=O) groups is 2. The van der Waals surface area contributed by atoms with Gasteiger partial charge >= 0.3 is 0 Å². The third-order valence-corrected chi connectivity index (χ3v) is 8.87. The Balaban J connectivity index is 1.33. The number of nitriles is 1. The number of nitrogens with zero attached hydrogens (tertiary/aromatic N) is 5. The Hall–Kier alpha value is -4.07. The van der Waals surface area contributed by atoms with Crippen LogP contribution >= 0.6 is 0 Å². The molecule has 5 unspecified atom stereocenters. The van der Waals surface area contributed by atoms with Crippen molar-refractivity contribution in [1.29, 1.82) is 5.26 Å². The average Bonchev–Trinajstić information content (AvgIpc) is 3.46. The summed E-state index contributed by atoms with van der Waals surface area (Å²) in [4.78, 5) is 40.1. The fraction of sp³-hybridized carbons (Fsp3) is 0.433. The van der Waals surface area contributed by atoms with Gasteiger partial charge in [0.2, 0.25) is 23.6 Å². The number of anilines is 2. The molecule has 3 aliphatic rings. The lowest BCUT2D eigenvalue weighted by Crippen LogP contribution is -2.49. The minimum absolute atomic E-state index is 0.178. The van der Waals surface area contributed by atoms with Crippen LogP contribution in [0.4, 0.5) is 11.6 Å². The van der Waals surface area contributed by atoms with E-state index in [1.165, 1.54) is 4.90 Å². The number of aliphatic hydroxyl groups excluding tert-OH is 1. The van der Waals surface area contributed by atoms with Gasteiger partial charge in [-0.05, 0) is 32.9 Å². The lowest BCUT2D eigenvalue weighted by atomic mass is 9.66. The highest BCUT2D eigenvalue weighted by Gasteiger charge is 2.77. The van der Waals surface area contributed by atoms with Crippen LogP contribution in [0.2, 0.25) is 0 Å². The van der Waals surface area contributed by atoms with Gasteiger partial charge in [-0.1, -0.05) is 24.3 Å². The number of fused-ring (bicyclic) bond motifs is 6. The van der Waals surface area contributed by atoms with E-state index in [-0.39, 0.29) is 18.9 Å². The van der Waals surface area contributed by atoms with Crippen molar-refractivity contribution in [1.82, 2.24) is 9.97 Å². The molecule has 206 valence electrons. The van der Waals surface area contributed by atoms with Crippen LogP contribution in [0.5, 0.6) is 5.88 Å². The van der Waals surface area contributed by atoms with Crippen molar-refractivity contribution >= 4 is 34.2 Å². The summed E-state index contributed by atoms with van der Waals surface area (Å²) in [6, 6.07) is 12.7. The number of aryl methyl sites for hydroxylation is 1. The van der Waals surface area contributed by atoms with Crippen molar-refractivity contribution in [3.63, 3.8) is 0 Å². The van der Waals surface area contributed by atoms with E-state index >= 15 is 0 Å². The van der Waals surface area contributed by atoms with Gasteiger partial charge in [0, 0.05) is 49.0 Å². The molecule has 2 bridgehead atoms. The molecule has 0 radical (unpaired) electrons. The molecule has 3 fully saturated rings. The second-order valence-electron chi connectivity index (χ2n) is 11.4. The van der Waals surface area contributed by atoms with Crippen molar-refractivity contribution in [2.24, 2.45) is 11.8 Å². The molecule has 2 amide bonds. The molecule has 0 saturated carbocycles. The Bertz CT molecular complexity index is 1620. The van der Waals surface area contributed by atoms with Crippen molar-refractivity contribution in [3.8, 4) is 11.9 Å². The zero-order valence-electron chi connectivity index (χ0n) is 23.1. The highest BCUT2D eigenvalue weighted by atomic mass is 16.6. The van der Waals surface area contributed by atoms with E-state index in [4.69, 9.17) is 9.47 Å². The fourth-order valence-electron chi connectivity index (χ4n) is 6.69. The Morgan fingerprint density at radius 1 is 1.12 bits per heavy atom. The van der Waals surface area contributed by atoms with Crippen LogP contribution < -0.4 is 14.5 Å². The predicted octanol–water partition coefficient (Wildman–Crippen LogP) is 3.05. The SMILES string of the molecule is Cc1nc(N(C)C)nc(OCCC23CC(O)C(C)(O2)C2C(=O)N(c4ccc(C#N)c5ccccc45)C(=O)C23)c1C. The van der Waals surface area contributed by atoms with Gasteiger partial charge in [0.25, 0.3) is 0 Å². The van der Waals surface area contributed by atoms with Crippen LogP contribution in [0.1, 0.15) is 36.6 Å². The van der Waals surface area contributed by atoms with E-state index in [0.717, 1.165) is 11.3 Å². The lowest BCUT2D eigenvalue weighted by Gasteiger charge is -2.33. The number of imide groups is 1. The van der Waals surface area contributed by atoms with Gasteiger partial charge in [0.1, 0.15) is 5.60 Å². The van der Waals surface area contributed by atoms with E-state index in [2.05, 4.69) is 16.0 Å². The van der Waals surface area contributed by atoms with Crippen LogP contribution in [0.3, 0.4) is 0 Å². The molecule has 0 aliphatic carbocycles. The molecule has 3 saturated heterocycles. The molecular formula is C30H31N5O5. The molecule has 3 aliphatic heterocycles. The molecule has 3 aromatic rings. The molecule has 40 heavy (non-hydrogen) atoms. The molecule has 1 aromatic heterocycles. The Kier molecular flexibility index (Phi) is 5.87. The Morgan fingerprint density at radius 2 is 1.82 bits per heavy atom. The largest absolute Gasteiger partial charge is 0.477 e. The number of carbonyl (C=O) groups excluding carboxylic acids is 2. The van der Waals surface area contributed by atoms with Gasteiger partial charge in [-0.15, -0.1) is 0 Å². The van der Waals surface area contributed by atoms with E-state index in [1.54, 1.807) is 36.1 Å². The van der Waals surface area contributed by atoms with Crippen molar-refractivity contribution < 1.29 is 24.2 Å². The number of amides is 2. The first-order valence-corrected chi connectivity index (χ1v) is 13.4. The summed E-state index contributed by atoms with van der Waals surface area (Å²) in [7, 11) is 3.71. The Labute approximate surface area is 232 Å². The second-order valence-corrected chi connectivity index (χ2v) is 11.4. The average molecular weight is 542 g/mol. The summed E-state index contributed by atoms with van der Waals surface area (Å²) in [6.45, 7) is 5.68. The quantitative estimate of drug-likeness (QED) is 0.468. The van der Waals surface area contributed by atoms with E-state index in [1.807, 2.05) is 40.1 Å². The highest BCUT2D eigenvalue weighted by molar-refractivity contribution is 6.26. The van der Waals surface area contributed by atoms with Crippen LogP contribution in [0.25, 0.3) is 10.8 Å². The normalized spacial score (nSPS) is 28.7. The monoisotopic (exact) mass is 541 g/mol. The second kappa shape index (κ2) is 8.98. The topological polar surface area (TPSA) is 129 Å².